The van der Waals surface area contributed by atoms with Crippen molar-refractivity contribution in [2.75, 3.05) is 19.7 Å². The summed E-state index contributed by atoms with van der Waals surface area (Å²) in [6.07, 6.45) is 1.45. The molecule has 0 unspecified atom stereocenters. The number of nitrogens with zero attached hydrogens (tertiary/aromatic N) is 5. The Kier molecular flexibility index (Phi) is 7.57. The van der Waals surface area contributed by atoms with E-state index in [0.717, 1.165) is 37.0 Å². The second-order valence-electron chi connectivity index (χ2n) is 9.54. The summed E-state index contributed by atoms with van der Waals surface area (Å²) in [5, 5.41) is 8.64. The first-order valence-corrected chi connectivity index (χ1v) is 12.7. The molecule has 1 atom stereocenters. The number of para-hydroxylation sites is 1. The Labute approximate surface area is 212 Å². The number of hydrogen-bond donors (Lipinski definition) is 0. The van der Waals surface area contributed by atoms with E-state index in [-0.39, 0.29) is 18.2 Å². The third-order valence-electron chi connectivity index (χ3n) is 6.97. The number of fused-ring (bicyclic) bond motifs is 1. The topological polar surface area (TPSA) is 63.5 Å². The smallest absolute Gasteiger partial charge is 0.409 e. The van der Waals surface area contributed by atoms with Gasteiger partial charge in [-0.15, -0.1) is 5.10 Å². The molecule has 0 saturated carbocycles. The van der Waals surface area contributed by atoms with E-state index in [4.69, 9.17) is 4.74 Å². The van der Waals surface area contributed by atoms with Gasteiger partial charge in [0.25, 0.3) is 0 Å². The fourth-order valence-electron chi connectivity index (χ4n) is 4.84. The van der Waals surface area contributed by atoms with E-state index in [9.17, 15) is 4.79 Å². The number of aromatic nitrogens is 3. The average Bonchev–Trinajstić information content (AvgIpc) is 3.37. The van der Waals surface area contributed by atoms with E-state index in [1.807, 2.05) is 46.0 Å². The lowest BCUT2D eigenvalue weighted by Gasteiger charge is -2.33. The molecule has 1 saturated heterocycles. The van der Waals surface area contributed by atoms with Gasteiger partial charge in [0.1, 0.15) is 12.1 Å². The van der Waals surface area contributed by atoms with Crippen LogP contribution in [-0.4, -0.2) is 56.6 Å². The van der Waals surface area contributed by atoms with Gasteiger partial charge in [-0.25, -0.2) is 9.48 Å². The van der Waals surface area contributed by atoms with Crippen molar-refractivity contribution in [3.8, 4) is 0 Å². The standard InChI is InChI=1S/C29H33N5O2/c1-23(33(20-24-10-4-2-5-11-24)21-25-12-6-3-7-13-25)22-36-29(35)32-18-16-26(17-19-32)34-28-15-9-8-14-27(28)30-31-34/h2-15,23,26H,16-22H2,1H3/t23-/m0/s1. The zero-order valence-electron chi connectivity index (χ0n) is 20.7. The van der Waals surface area contributed by atoms with Gasteiger partial charge in [0.05, 0.1) is 11.6 Å². The van der Waals surface area contributed by atoms with E-state index in [2.05, 4.69) is 70.7 Å². The number of carbonyl (C=O) groups excluding carboxylic acids is 1. The molecule has 0 bridgehead atoms. The van der Waals surface area contributed by atoms with Gasteiger partial charge >= 0.3 is 6.09 Å². The molecule has 5 rings (SSSR count). The molecule has 1 aliphatic rings. The van der Waals surface area contributed by atoms with Crippen LogP contribution >= 0.6 is 0 Å². The van der Waals surface area contributed by atoms with Crippen LogP contribution < -0.4 is 0 Å². The SMILES string of the molecule is C[C@@H](COC(=O)N1CCC(n2nnc3ccccc32)CC1)N(Cc1ccccc1)Cc1ccccc1. The summed E-state index contributed by atoms with van der Waals surface area (Å²) in [7, 11) is 0. The van der Waals surface area contributed by atoms with E-state index in [1.54, 1.807) is 0 Å². The molecule has 0 spiro atoms. The molecule has 1 fully saturated rings. The van der Waals surface area contributed by atoms with Crippen molar-refractivity contribution in [3.05, 3.63) is 96.1 Å². The van der Waals surface area contributed by atoms with Gasteiger partial charge in [0.15, 0.2) is 0 Å². The molecule has 2 heterocycles. The largest absolute Gasteiger partial charge is 0.448 e. The molecule has 7 nitrogen and oxygen atoms in total. The highest BCUT2D eigenvalue weighted by Crippen LogP contribution is 2.25. The number of hydrogen-bond acceptors (Lipinski definition) is 5. The summed E-state index contributed by atoms with van der Waals surface area (Å²) >= 11 is 0. The molecule has 186 valence electrons. The lowest BCUT2D eigenvalue weighted by molar-refractivity contribution is 0.0563. The van der Waals surface area contributed by atoms with Gasteiger partial charge in [0, 0.05) is 32.2 Å². The summed E-state index contributed by atoms with van der Waals surface area (Å²) in [4.78, 5) is 17.1. The van der Waals surface area contributed by atoms with Crippen LogP contribution in [0.1, 0.15) is 36.9 Å². The predicted octanol–water partition coefficient (Wildman–Crippen LogP) is 5.30. The minimum Gasteiger partial charge on any atom is -0.448 e. The van der Waals surface area contributed by atoms with Crippen LogP contribution in [0.4, 0.5) is 4.79 Å². The lowest BCUT2D eigenvalue weighted by Crippen LogP contribution is -2.42. The molecular weight excluding hydrogens is 450 g/mol. The number of benzene rings is 3. The maximum Gasteiger partial charge on any atom is 0.409 e. The van der Waals surface area contributed by atoms with E-state index >= 15 is 0 Å². The van der Waals surface area contributed by atoms with Crippen molar-refractivity contribution < 1.29 is 9.53 Å². The van der Waals surface area contributed by atoms with Crippen LogP contribution in [0.5, 0.6) is 0 Å². The average molecular weight is 484 g/mol. The van der Waals surface area contributed by atoms with Gasteiger partial charge in [-0.2, -0.15) is 0 Å². The summed E-state index contributed by atoms with van der Waals surface area (Å²) in [6, 6.07) is 29.2. The molecule has 1 amide bonds. The van der Waals surface area contributed by atoms with Crippen molar-refractivity contribution >= 4 is 17.1 Å². The Morgan fingerprint density at radius 2 is 1.50 bits per heavy atom. The molecule has 4 aromatic rings. The summed E-state index contributed by atoms with van der Waals surface area (Å²) in [5.41, 5.74) is 4.44. The van der Waals surface area contributed by atoms with Crippen molar-refractivity contribution in [1.82, 2.24) is 24.8 Å². The van der Waals surface area contributed by atoms with E-state index in [1.165, 1.54) is 11.1 Å². The van der Waals surface area contributed by atoms with Gasteiger partial charge in [-0.05, 0) is 43.0 Å². The highest BCUT2D eigenvalue weighted by molar-refractivity contribution is 5.74. The zero-order chi connectivity index (χ0) is 24.7. The van der Waals surface area contributed by atoms with Crippen LogP contribution in [0.25, 0.3) is 11.0 Å². The fourth-order valence-corrected chi connectivity index (χ4v) is 4.84. The first kappa shape index (κ1) is 24.0. The first-order valence-electron chi connectivity index (χ1n) is 12.7. The van der Waals surface area contributed by atoms with E-state index < -0.39 is 0 Å². The van der Waals surface area contributed by atoms with Crippen molar-refractivity contribution in [2.45, 2.75) is 44.9 Å². The van der Waals surface area contributed by atoms with Gasteiger partial charge in [0.2, 0.25) is 0 Å². The first-order chi connectivity index (χ1) is 17.7. The van der Waals surface area contributed by atoms with Crippen LogP contribution in [0, 0.1) is 0 Å². The van der Waals surface area contributed by atoms with Gasteiger partial charge in [-0.3, -0.25) is 4.90 Å². The van der Waals surface area contributed by atoms with Crippen molar-refractivity contribution in [1.29, 1.82) is 0 Å². The van der Waals surface area contributed by atoms with Gasteiger partial charge in [-0.1, -0.05) is 78.0 Å². The van der Waals surface area contributed by atoms with Crippen LogP contribution in [0.3, 0.4) is 0 Å². The third kappa shape index (κ3) is 5.74. The Balaban J connectivity index is 1.16. The van der Waals surface area contributed by atoms with Gasteiger partial charge < -0.3 is 9.64 Å². The number of amides is 1. The molecule has 0 aliphatic carbocycles. The Bertz CT molecular complexity index is 1210. The quantitative estimate of drug-likeness (QED) is 0.341. The molecule has 1 aromatic heterocycles. The summed E-state index contributed by atoms with van der Waals surface area (Å²) in [5.74, 6) is 0. The summed E-state index contributed by atoms with van der Waals surface area (Å²) < 4.78 is 7.81. The highest BCUT2D eigenvalue weighted by atomic mass is 16.6. The second-order valence-corrected chi connectivity index (χ2v) is 9.54. The number of carbonyl (C=O) groups is 1. The molecule has 36 heavy (non-hydrogen) atoms. The molecular formula is C29H33N5O2. The minimum absolute atomic E-state index is 0.0772. The van der Waals surface area contributed by atoms with Crippen molar-refractivity contribution in [2.24, 2.45) is 0 Å². The minimum atomic E-state index is -0.233. The Morgan fingerprint density at radius 1 is 0.917 bits per heavy atom. The lowest BCUT2D eigenvalue weighted by atomic mass is 10.1. The number of rotatable bonds is 8. The Hall–Kier alpha value is -3.71. The van der Waals surface area contributed by atoms with Crippen LogP contribution in [0.15, 0.2) is 84.9 Å². The Morgan fingerprint density at radius 3 is 2.14 bits per heavy atom. The van der Waals surface area contributed by atoms with Crippen LogP contribution in [-0.2, 0) is 17.8 Å². The molecule has 0 radical (unpaired) electrons. The third-order valence-corrected chi connectivity index (χ3v) is 6.97. The monoisotopic (exact) mass is 483 g/mol. The summed E-state index contributed by atoms with van der Waals surface area (Å²) in [6.45, 7) is 5.39. The van der Waals surface area contributed by atoms with Crippen molar-refractivity contribution in [3.63, 3.8) is 0 Å². The predicted molar refractivity (Wildman–Crippen MR) is 140 cm³/mol. The fraction of sp³-hybridized carbons (Fsp3) is 0.345. The molecule has 1 aliphatic heterocycles. The molecule has 0 N–H and O–H groups in total. The second kappa shape index (κ2) is 11.4. The van der Waals surface area contributed by atoms with Crippen LogP contribution in [0.2, 0.25) is 0 Å². The maximum absolute atomic E-state index is 12.9. The molecule has 7 heteroatoms. The van der Waals surface area contributed by atoms with E-state index in [0.29, 0.717) is 19.7 Å². The number of likely N-dealkylation sites (tertiary alicyclic amines) is 1. The normalized spacial score (nSPS) is 15.3. The molecule has 3 aromatic carbocycles. The maximum atomic E-state index is 12.9. The number of piperidine rings is 1. The highest BCUT2D eigenvalue weighted by Gasteiger charge is 2.27. The zero-order valence-corrected chi connectivity index (χ0v) is 20.7. The number of ether oxygens (including phenoxy) is 1.